The number of pyridine rings is 1. The zero-order chi connectivity index (χ0) is 13.1. The van der Waals surface area contributed by atoms with E-state index in [2.05, 4.69) is 26.2 Å². The fraction of sp³-hybridized carbons (Fsp3) is 0. The predicted octanol–water partition coefficient (Wildman–Crippen LogP) is 1.97. The minimum absolute atomic E-state index is 0.285. The van der Waals surface area contributed by atoms with Crippen LogP contribution in [0.4, 0.5) is 11.4 Å². The van der Waals surface area contributed by atoms with E-state index in [0.29, 0.717) is 11.4 Å². The smallest absolute Gasteiger partial charge is 0.255 e. The van der Waals surface area contributed by atoms with Gasteiger partial charge in [-0.1, -0.05) is 0 Å². The standard InChI is InChI=1S/C12H10BrN3O2/c13-9-2-1-8(14)6-10(9)16-12(18)7-3-4-15-11(17)5-7/h1-6H,14H2,(H,15,17)(H,16,18). The first kappa shape index (κ1) is 12.4. The highest BCUT2D eigenvalue weighted by molar-refractivity contribution is 9.10. The van der Waals surface area contributed by atoms with Gasteiger partial charge in [-0.3, -0.25) is 9.59 Å². The molecule has 5 nitrogen and oxygen atoms in total. The summed E-state index contributed by atoms with van der Waals surface area (Å²) in [5.74, 6) is -0.368. The minimum Gasteiger partial charge on any atom is -0.399 e. The van der Waals surface area contributed by atoms with Crippen molar-refractivity contribution in [3.05, 3.63) is 56.9 Å². The summed E-state index contributed by atoms with van der Waals surface area (Å²) in [5.41, 5.74) is 6.70. The topological polar surface area (TPSA) is 88.0 Å². The Hall–Kier alpha value is -2.08. The first-order valence-corrected chi connectivity index (χ1v) is 5.90. The van der Waals surface area contributed by atoms with E-state index in [0.717, 1.165) is 4.47 Å². The second kappa shape index (κ2) is 5.05. The SMILES string of the molecule is Nc1ccc(Br)c(NC(=O)c2cc[nH]c(=O)c2)c1. The summed E-state index contributed by atoms with van der Waals surface area (Å²) >= 11 is 3.31. The Kier molecular flexibility index (Phi) is 3.47. The Morgan fingerprint density at radius 2 is 2.06 bits per heavy atom. The van der Waals surface area contributed by atoms with Crippen molar-refractivity contribution in [2.45, 2.75) is 0 Å². The van der Waals surface area contributed by atoms with Crippen LogP contribution in [0.25, 0.3) is 0 Å². The summed E-state index contributed by atoms with van der Waals surface area (Å²) in [6.45, 7) is 0. The lowest BCUT2D eigenvalue weighted by Gasteiger charge is -2.07. The number of carbonyl (C=O) groups excluding carboxylic acids is 1. The molecule has 1 aromatic carbocycles. The second-order valence-electron chi connectivity index (χ2n) is 3.64. The van der Waals surface area contributed by atoms with Crippen molar-refractivity contribution in [3.8, 4) is 0 Å². The summed E-state index contributed by atoms with van der Waals surface area (Å²) in [7, 11) is 0. The molecule has 1 heterocycles. The van der Waals surface area contributed by atoms with Crippen molar-refractivity contribution < 1.29 is 4.79 Å². The summed E-state index contributed by atoms with van der Waals surface area (Å²) in [6.07, 6.45) is 1.42. The molecule has 2 rings (SSSR count). The van der Waals surface area contributed by atoms with Crippen molar-refractivity contribution in [3.63, 3.8) is 0 Å². The number of nitrogens with two attached hydrogens (primary N) is 1. The van der Waals surface area contributed by atoms with Gasteiger partial charge in [0.15, 0.2) is 0 Å². The molecular weight excluding hydrogens is 298 g/mol. The van der Waals surface area contributed by atoms with Crippen LogP contribution in [0.5, 0.6) is 0 Å². The third-order valence-corrected chi connectivity index (χ3v) is 2.97. The molecule has 6 heteroatoms. The van der Waals surface area contributed by atoms with Crippen molar-refractivity contribution in [2.24, 2.45) is 0 Å². The van der Waals surface area contributed by atoms with Crippen LogP contribution in [0.1, 0.15) is 10.4 Å². The normalized spacial score (nSPS) is 10.1. The van der Waals surface area contributed by atoms with E-state index in [1.807, 2.05) is 0 Å². The van der Waals surface area contributed by atoms with E-state index in [4.69, 9.17) is 5.73 Å². The van der Waals surface area contributed by atoms with Crippen LogP contribution in [-0.2, 0) is 0 Å². The number of nitrogens with one attached hydrogen (secondary N) is 2. The van der Waals surface area contributed by atoms with Crippen molar-refractivity contribution in [1.82, 2.24) is 4.98 Å². The van der Waals surface area contributed by atoms with E-state index < -0.39 is 0 Å². The number of anilines is 2. The molecule has 1 amide bonds. The third kappa shape index (κ3) is 2.78. The van der Waals surface area contributed by atoms with E-state index in [1.165, 1.54) is 18.3 Å². The van der Waals surface area contributed by atoms with Crippen molar-refractivity contribution in [1.29, 1.82) is 0 Å². The maximum atomic E-state index is 11.9. The van der Waals surface area contributed by atoms with Crippen LogP contribution in [0.3, 0.4) is 0 Å². The molecule has 18 heavy (non-hydrogen) atoms. The Bertz CT molecular complexity index is 652. The van der Waals surface area contributed by atoms with Gasteiger partial charge in [-0.15, -0.1) is 0 Å². The molecule has 0 unspecified atom stereocenters. The van der Waals surface area contributed by atoms with E-state index in [-0.39, 0.29) is 17.0 Å². The number of aromatic nitrogens is 1. The van der Waals surface area contributed by atoms with Gasteiger partial charge in [-0.25, -0.2) is 0 Å². The number of carbonyl (C=O) groups is 1. The third-order valence-electron chi connectivity index (χ3n) is 2.28. The van der Waals surface area contributed by atoms with Gasteiger partial charge >= 0.3 is 0 Å². The number of amides is 1. The molecule has 1 aromatic heterocycles. The van der Waals surface area contributed by atoms with E-state index in [9.17, 15) is 9.59 Å². The zero-order valence-corrected chi connectivity index (χ0v) is 10.8. The lowest BCUT2D eigenvalue weighted by Crippen LogP contribution is -2.15. The summed E-state index contributed by atoms with van der Waals surface area (Å²) in [6, 6.07) is 7.84. The number of rotatable bonds is 2. The van der Waals surface area contributed by atoms with Gasteiger partial charge in [-0.05, 0) is 40.2 Å². The van der Waals surface area contributed by atoms with Crippen molar-refractivity contribution >= 4 is 33.2 Å². The van der Waals surface area contributed by atoms with Gasteiger partial charge in [0, 0.05) is 28.0 Å². The minimum atomic E-state index is -0.368. The summed E-state index contributed by atoms with van der Waals surface area (Å²) in [4.78, 5) is 25.5. The summed E-state index contributed by atoms with van der Waals surface area (Å²) < 4.78 is 0.717. The van der Waals surface area contributed by atoms with Crippen LogP contribution < -0.4 is 16.6 Å². The molecule has 0 fully saturated rings. The van der Waals surface area contributed by atoms with Gasteiger partial charge < -0.3 is 16.0 Å². The highest BCUT2D eigenvalue weighted by atomic mass is 79.9. The van der Waals surface area contributed by atoms with Gasteiger partial charge in [0.05, 0.1) is 5.69 Å². The molecule has 0 aliphatic rings. The lowest BCUT2D eigenvalue weighted by molar-refractivity contribution is 0.102. The summed E-state index contributed by atoms with van der Waals surface area (Å²) in [5, 5.41) is 2.68. The van der Waals surface area contributed by atoms with Crippen LogP contribution in [0.15, 0.2) is 45.8 Å². The molecule has 0 aliphatic heterocycles. The number of benzene rings is 1. The Balaban J connectivity index is 2.26. The van der Waals surface area contributed by atoms with Crippen LogP contribution >= 0.6 is 15.9 Å². The fourth-order valence-corrected chi connectivity index (χ4v) is 1.76. The first-order valence-electron chi connectivity index (χ1n) is 5.11. The Morgan fingerprint density at radius 3 is 2.78 bits per heavy atom. The number of aromatic amines is 1. The lowest BCUT2D eigenvalue weighted by atomic mass is 10.2. The maximum Gasteiger partial charge on any atom is 0.255 e. The first-order chi connectivity index (χ1) is 8.56. The highest BCUT2D eigenvalue weighted by Gasteiger charge is 2.08. The number of nitrogen functional groups attached to an aromatic ring is 1. The quantitative estimate of drug-likeness (QED) is 0.741. The molecular formula is C12H10BrN3O2. The molecule has 4 N–H and O–H groups in total. The Morgan fingerprint density at radius 1 is 1.28 bits per heavy atom. The zero-order valence-electron chi connectivity index (χ0n) is 9.24. The molecule has 0 atom stereocenters. The van der Waals surface area contributed by atoms with Crippen LogP contribution in [0, 0.1) is 0 Å². The molecule has 0 saturated heterocycles. The Labute approximate surface area is 111 Å². The monoisotopic (exact) mass is 307 g/mol. The highest BCUT2D eigenvalue weighted by Crippen LogP contribution is 2.24. The molecule has 2 aromatic rings. The molecule has 0 bridgehead atoms. The van der Waals surface area contributed by atoms with Gasteiger partial charge in [0.2, 0.25) is 5.56 Å². The van der Waals surface area contributed by atoms with E-state index in [1.54, 1.807) is 18.2 Å². The molecule has 0 saturated carbocycles. The fourth-order valence-electron chi connectivity index (χ4n) is 1.42. The number of halogens is 1. The van der Waals surface area contributed by atoms with Crippen LogP contribution in [-0.4, -0.2) is 10.9 Å². The van der Waals surface area contributed by atoms with Gasteiger partial charge in [0.1, 0.15) is 0 Å². The number of H-pyrrole nitrogens is 1. The molecule has 92 valence electrons. The maximum absolute atomic E-state index is 11.9. The predicted molar refractivity (Wildman–Crippen MR) is 73.6 cm³/mol. The second-order valence-corrected chi connectivity index (χ2v) is 4.49. The van der Waals surface area contributed by atoms with Gasteiger partial charge in [-0.2, -0.15) is 0 Å². The molecule has 0 spiro atoms. The molecule has 0 aliphatic carbocycles. The van der Waals surface area contributed by atoms with E-state index >= 15 is 0 Å². The van der Waals surface area contributed by atoms with Gasteiger partial charge in [0.25, 0.3) is 5.91 Å². The largest absolute Gasteiger partial charge is 0.399 e. The number of hydrogen-bond donors (Lipinski definition) is 3. The van der Waals surface area contributed by atoms with Crippen LogP contribution in [0.2, 0.25) is 0 Å². The average molecular weight is 308 g/mol. The average Bonchev–Trinajstić information content (AvgIpc) is 2.34. The number of hydrogen-bond acceptors (Lipinski definition) is 3. The molecule has 0 radical (unpaired) electrons. The van der Waals surface area contributed by atoms with Crippen molar-refractivity contribution in [2.75, 3.05) is 11.1 Å².